The first-order chi connectivity index (χ1) is 36.0. The van der Waals surface area contributed by atoms with Crippen molar-refractivity contribution in [3.63, 3.8) is 0 Å². The van der Waals surface area contributed by atoms with Crippen LogP contribution in [0.5, 0.6) is 0 Å². The van der Waals surface area contributed by atoms with Crippen LogP contribution in [0.1, 0.15) is 181 Å². The molecule has 0 aliphatic rings. The summed E-state index contributed by atoms with van der Waals surface area (Å²) in [7, 11) is 1.10. The molecule has 0 aliphatic carbocycles. The summed E-state index contributed by atoms with van der Waals surface area (Å²) in [5.74, 6) is -0.950. The van der Waals surface area contributed by atoms with Crippen LogP contribution in [-0.4, -0.2) is 70.0 Å². The molecule has 0 heterocycles. The van der Waals surface area contributed by atoms with Crippen molar-refractivity contribution in [1.29, 1.82) is 0 Å². The highest BCUT2D eigenvalue weighted by molar-refractivity contribution is 7.45. The van der Waals surface area contributed by atoms with E-state index in [0.29, 0.717) is 23.9 Å². The summed E-state index contributed by atoms with van der Waals surface area (Å²) >= 11 is 0. The summed E-state index contributed by atoms with van der Waals surface area (Å²) in [4.78, 5) is 37.7. The lowest BCUT2D eigenvalue weighted by Crippen LogP contribution is -2.37. The number of nitrogens with zero attached hydrogens (tertiary/aromatic N) is 1. The van der Waals surface area contributed by atoms with Crippen molar-refractivity contribution in [1.82, 2.24) is 0 Å². The smallest absolute Gasteiger partial charge is 0.306 e. The number of unbranched alkanes of at least 4 members (excludes halogenated alkanes) is 9. The number of carbonyl (C=O) groups is 2. The summed E-state index contributed by atoms with van der Waals surface area (Å²) in [6, 6.07) is 0. The molecule has 2 unspecified atom stereocenters. The van der Waals surface area contributed by atoms with E-state index in [-0.39, 0.29) is 26.1 Å². The van der Waals surface area contributed by atoms with Gasteiger partial charge in [-0.1, -0.05) is 217 Å². The predicted octanol–water partition coefficient (Wildman–Crippen LogP) is 17.1. The fourth-order valence-corrected chi connectivity index (χ4v) is 7.51. The van der Waals surface area contributed by atoms with Crippen LogP contribution in [0.3, 0.4) is 0 Å². The highest BCUT2D eigenvalue weighted by atomic mass is 31.2. The molecule has 0 saturated carbocycles. The highest BCUT2D eigenvalue weighted by Gasteiger charge is 2.21. The molecule has 0 rings (SSSR count). The highest BCUT2D eigenvalue weighted by Crippen LogP contribution is 2.38. The number of carbonyl (C=O) groups excluding carboxylic acids is 2. The SMILES string of the molecule is CC/C=C\C/C=C\C/C=C\C/C=C\C/C=C\C/C=C\C/C=C\C/C=C\C/C=C\CCCCCCCCCCCC(=O)OC(COC(=O)CC/C=C\C/C=C\C/C=C\C/C=C\CC)COP(=O)([O-])OCC[N+](C)(C)C. The molecular formula is C64H102NO8P. The molecule has 0 radical (unpaired) electrons. The van der Waals surface area contributed by atoms with E-state index in [2.05, 4.69) is 160 Å². The summed E-state index contributed by atoms with van der Waals surface area (Å²) in [5.41, 5.74) is 0. The average Bonchev–Trinajstić information content (AvgIpc) is 3.36. The molecule has 2 atom stereocenters. The van der Waals surface area contributed by atoms with E-state index in [9.17, 15) is 19.0 Å². The van der Waals surface area contributed by atoms with Gasteiger partial charge in [0.2, 0.25) is 0 Å². The molecule has 0 aromatic rings. The third kappa shape index (κ3) is 56.9. The summed E-state index contributed by atoms with van der Waals surface area (Å²) in [5, 5.41) is 0. The van der Waals surface area contributed by atoms with Crippen molar-refractivity contribution in [2.45, 2.75) is 187 Å². The largest absolute Gasteiger partial charge is 0.756 e. The Hall–Kier alpha value is -4.37. The third-order valence-corrected chi connectivity index (χ3v) is 12.0. The van der Waals surface area contributed by atoms with Crippen LogP contribution in [0.25, 0.3) is 0 Å². The molecule has 0 spiro atoms. The van der Waals surface area contributed by atoms with E-state index in [4.69, 9.17) is 18.5 Å². The van der Waals surface area contributed by atoms with Gasteiger partial charge in [-0.15, -0.1) is 0 Å². The molecule has 0 fully saturated rings. The van der Waals surface area contributed by atoms with Gasteiger partial charge in [0.1, 0.15) is 19.8 Å². The van der Waals surface area contributed by atoms with Crippen LogP contribution in [0.2, 0.25) is 0 Å². The zero-order valence-corrected chi connectivity index (χ0v) is 47.9. The molecule has 0 aromatic heterocycles. The Morgan fingerprint density at radius 2 is 0.757 bits per heavy atom. The molecule has 9 nitrogen and oxygen atoms in total. The molecule has 74 heavy (non-hydrogen) atoms. The van der Waals surface area contributed by atoms with E-state index >= 15 is 0 Å². The number of hydrogen-bond acceptors (Lipinski definition) is 8. The number of phosphoric acid groups is 1. The Labute approximate surface area is 452 Å². The van der Waals surface area contributed by atoms with Gasteiger partial charge in [0.05, 0.1) is 27.7 Å². The molecule has 0 N–H and O–H groups in total. The number of hydrogen-bond donors (Lipinski definition) is 0. The quantitative estimate of drug-likeness (QED) is 0.0195. The number of quaternary nitrogens is 1. The Morgan fingerprint density at radius 3 is 1.14 bits per heavy atom. The minimum Gasteiger partial charge on any atom is -0.756 e. The molecule has 0 saturated heterocycles. The van der Waals surface area contributed by atoms with Gasteiger partial charge in [-0.05, 0) is 109 Å². The van der Waals surface area contributed by atoms with Crippen LogP contribution in [0.4, 0.5) is 0 Å². The second kappa shape index (κ2) is 53.5. The number of esters is 2. The van der Waals surface area contributed by atoms with Gasteiger partial charge in [0.15, 0.2) is 6.10 Å². The Morgan fingerprint density at radius 1 is 0.419 bits per heavy atom. The predicted molar refractivity (Wildman–Crippen MR) is 313 cm³/mol. The number of rotatable bonds is 49. The molecule has 0 amide bonds. The summed E-state index contributed by atoms with van der Waals surface area (Å²) in [6.07, 6.45) is 80.3. The van der Waals surface area contributed by atoms with Crippen molar-refractivity contribution >= 4 is 19.8 Å². The molecule has 0 aliphatic heterocycles. The number of likely N-dealkylation sites (N-methyl/N-ethyl adjacent to an activating group) is 1. The first-order valence-corrected chi connectivity index (χ1v) is 29.7. The third-order valence-electron chi connectivity index (χ3n) is 11.1. The summed E-state index contributed by atoms with van der Waals surface area (Å²) in [6.45, 7) is 3.88. The van der Waals surface area contributed by atoms with Crippen molar-refractivity contribution in [2.75, 3.05) is 47.5 Å². The van der Waals surface area contributed by atoms with Crippen LogP contribution in [0, 0.1) is 0 Å². The zero-order valence-electron chi connectivity index (χ0n) is 47.0. The molecule has 0 aromatic carbocycles. The number of allylic oxidation sites excluding steroid dienone is 26. The molecular weight excluding hydrogens is 942 g/mol. The van der Waals surface area contributed by atoms with Crippen molar-refractivity contribution in [3.8, 4) is 0 Å². The van der Waals surface area contributed by atoms with E-state index in [1.54, 1.807) is 0 Å². The topological polar surface area (TPSA) is 111 Å². The second-order valence-electron chi connectivity index (χ2n) is 19.2. The molecule has 0 bridgehead atoms. The van der Waals surface area contributed by atoms with E-state index in [0.717, 1.165) is 109 Å². The monoisotopic (exact) mass is 1040 g/mol. The number of phosphoric ester groups is 1. The fourth-order valence-electron chi connectivity index (χ4n) is 6.78. The fraction of sp³-hybridized carbons (Fsp3) is 0.562. The van der Waals surface area contributed by atoms with Gasteiger partial charge < -0.3 is 27.9 Å². The van der Waals surface area contributed by atoms with Gasteiger partial charge in [-0.3, -0.25) is 14.2 Å². The van der Waals surface area contributed by atoms with E-state index < -0.39 is 32.5 Å². The van der Waals surface area contributed by atoms with Crippen molar-refractivity contribution in [2.24, 2.45) is 0 Å². The van der Waals surface area contributed by atoms with Crippen LogP contribution >= 0.6 is 7.82 Å². The first kappa shape index (κ1) is 69.6. The van der Waals surface area contributed by atoms with Crippen molar-refractivity contribution in [3.05, 3.63) is 158 Å². The van der Waals surface area contributed by atoms with Gasteiger partial charge in [0, 0.05) is 12.8 Å². The average molecular weight is 1040 g/mol. The Balaban J connectivity index is 4.18. The van der Waals surface area contributed by atoms with E-state index in [1.807, 2.05) is 33.3 Å². The van der Waals surface area contributed by atoms with Gasteiger partial charge in [-0.25, -0.2) is 0 Å². The minimum absolute atomic E-state index is 0.0512. The van der Waals surface area contributed by atoms with Crippen molar-refractivity contribution < 1.29 is 42.1 Å². The maximum Gasteiger partial charge on any atom is 0.306 e. The normalized spacial score (nSPS) is 14.5. The lowest BCUT2D eigenvalue weighted by molar-refractivity contribution is -0.870. The maximum absolute atomic E-state index is 12.8. The Bertz CT molecular complexity index is 1800. The number of ether oxygens (including phenoxy) is 2. The van der Waals surface area contributed by atoms with E-state index in [1.165, 1.54) is 32.1 Å². The first-order valence-electron chi connectivity index (χ1n) is 28.2. The minimum atomic E-state index is -4.66. The lowest BCUT2D eigenvalue weighted by atomic mass is 10.1. The van der Waals surface area contributed by atoms with Crippen LogP contribution in [-0.2, 0) is 32.7 Å². The zero-order chi connectivity index (χ0) is 54.2. The van der Waals surface area contributed by atoms with Gasteiger partial charge in [0.25, 0.3) is 7.82 Å². The van der Waals surface area contributed by atoms with Gasteiger partial charge in [-0.2, -0.15) is 0 Å². The standard InChI is InChI=1S/C64H102NO8P/c1-6-8-10-12-14-16-18-20-21-22-23-24-25-26-27-28-29-30-31-32-33-34-35-36-37-38-39-40-41-42-43-45-47-49-51-53-55-57-64(67)73-62(61-72-74(68,69)71-59-58-65(3,4)5)60-70-63(66)56-54-52-50-48-46-44-19-17-15-13-11-9-7-2/h8-11,14-17,20-21,23-24,26-27,29-30,32-33,35-36,38-39,44,46,50,52,62H,6-7,12-13,18-19,22,25,28,31,34,37,40-43,45,47-49,51,53-61H2,1-5H3/b10-8-,11-9-,16-14-,17-15-,21-20-,24-23-,27-26-,30-29-,33-32-,36-35-,39-38-,46-44-,52-50-. The van der Waals surface area contributed by atoms with Crippen LogP contribution < -0.4 is 4.89 Å². The maximum atomic E-state index is 12.8. The van der Waals surface area contributed by atoms with Crippen LogP contribution in [0.15, 0.2) is 158 Å². The lowest BCUT2D eigenvalue weighted by Gasteiger charge is -2.28. The Kier molecular flexibility index (Phi) is 50.3. The summed E-state index contributed by atoms with van der Waals surface area (Å²) < 4.78 is 33.9. The molecule has 10 heteroatoms. The second-order valence-corrected chi connectivity index (χ2v) is 20.6. The molecule has 416 valence electrons. The van der Waals surface area contributed by atoms with Gasteiger partial charge >= 0.3 is 11.9 Å².